The van der Waals surface area contributed by atoms with Gasteiger partial charge in [-0.1, -0.05) is 0 Å². The lowest BCUT2D eigenvalue weighted by atomic mass is 10.1. The SMILES string of the molecule is Cc1nn(C)cc1CN1CCc2nc(S(C)(=O)=O)[nH]c(=O)c2C1. The van der Waals surface area contributed by atoms with E-state index < -0.39 is 9.84 Å². The molecule has 0 unspecified atom stereocenters. The summed E-state index contributed by atoms with van der Waals surface area (Å²) in [5, 5.41) is 4.07. The average molecular weight is 337 g/mol. The van der Waals surface area contributed by atoms with Crippen LogP contribution in [0.25, 0.3) is 0 Å². The van der Waals surface area contributed by atoms with E-state index in [1.807, 2.05) is 20.2 Å². The number of fused-ring (bicyclic) bond motifs is 1. The van der Waals surface area contributed by atoms with Crippen LogP contribution < -0.4 is 5.56 Å². The molecule has 0 aromatic carbocycles. The molecule has 0 spiro atoms. The van der Waals surface area contributed by atoms with Crippen molar-refractivity contribution >= 4 is 9.84 Å². The lowest BCUT2D eigenvalue weighted by Crippen LogP contribution is -2.36. The van der Waals surface area contributed by atoms with Gasteiger partial charge in [-0.25, -0.2) is 13.4 Å². The second-order valence-electron chi connectivity index (χ2n) is 5.94. The molecule has 2 aromatic rings. The molecule has 8 nitrogen and oxygen atoms in total. The molecule has 3 heterocycles. The lowest BCUT2D eigenvalue weighted by molar-refractivity contribution is 0.240. The summed E-state index contributed by atoms with van der Waals surface area (Å²) < 4.78 is 24.9. The first-order chi connectivity index (χ1) is 10.7. The Labute approximate surface area is 134 Å². The quantitative estimate of drug-likeness (QED) is 0.777. The summed E-state index contributed by atoms with van der Waals surface area (Å²) in [6.07, 6.45) is 3.57. The Morgan fingerprint density at radius 1 is 1.39 bits per heavy atom. The zero-order valence-corrected chi connectivity index (χ0v) is 14.1. The molecule has 0 fully saturated rings. The van der Waals surface area contributed by atoms with Gasteiger partial charge in [-0.15, -0.1) is 0 Å². The van der Waals surface area contributed by atoms with Gasteiger partial charge in [0.25, 0.3) is 5.56 Å². The van der Waals surface area contributed by atoms with Crippen LogP contribution in [0.1, 0.15) is 22.5 Å². The van der Waals surface area contributed by atoms with Crippen LogP contribution in [-0.4, -0.2) is 45.9 Å². The Morgan fingerprint density at radius 3 is 2.74 bits per heavy atom. The molecule has 1 N–H and O–H groups in total. The topological polar surface area (TPSA) is 101 Å². The highest BCUT2D eigenvalue weighted by atomic mass is 32.2. The van der Waals surface area contributed by atoms with E-state index in [2.05, 4.69) is 20.0 Å². The van der Waals surface area contributed by atoms with E-state index in [0.717, 1.165) is 24.1 Å². The molecular weight excluding hydrogens is 318 g/mol. The van der Waals surface area contributed by atoms with Crippen molar-refractivity contribution in [2.45, 2.75) is 31.6 Å². The van der Waals surface area contributed by atoms with Crippen LogP contribution in [0.2, 0.25) is 0 Å². The standard InChI is InChI=1S/C14H19N5O3S/c1-9-10(6-18(2)17-9)7-19-5-4-12-11(8-19)13(20)16-14(15-12)23(3,21)22/h6H,4-5,7-8H2,1-3H3,(H,15,16,20). The van der Waals surface area contributed by atoms with Gasteiger partial charge in [-0.05, 0) is 6.92 Å². The van der Waals surface area contributed by atoms with Gasteiger partial charge in [0.15, 0.2) is 0 Å². The number of nitrogens with one attached hydrogen (secondary N) is 1. The van der Waals surface area contributed by atoms with E-state index in [4.69, 9.17) is 0 Å². The predicted octanol–water partition coefficient (Wildman–Crippen LogP) is -0.226. The monoisotopic (exact) mass is 337 g/mol. The summed E-state index contributed by atoms with van der Waals surface area (Å²) >= 11 is 0. The van der Waals surface area contributed by atoms with Gasteiger partial charge in [0.1, 0.15) is 0 Å². The minimum absolute atomic E-state index is 0.252. The van der Waals surface area contributed by atoms with Gasteiger partial charge >= 0.3 is 0 Å². The van der Waals surface area contributed by atoms with Crippen molar-refractivity contribution in [1.82, 2.24) is 24.6 Å². The van der Waals surface area contributed by atoms with Crippen molar-refractivity contribution in [2.24, 2.45) is 7.05 Å². The number of aromatic amines is 1. The molecule has 1 aliphatic rings. The number of sulfone groups is 1. The van der Waals surface area contributed by atoms with Gasteiger partial charge in [0.2, 0.25) is 15.0 Å². The number of aromatic nitrogens is 4. The third-order valence-electron chi connectivity index (χ3n) is 3.99. The zero-order chi connectivity index (χ0) is 16.8. The summed E-state index contributed by atoms with van der Waals surface area (Å²) in [6, 6.07) is 0. The van der Waals surface area contributed by atoms with E-state index in [-0.39, 0.29) is 10.7 Å². The molecule has 0 atom stereocenters. The maximum absolute atomic E-state index is 12.2. The summed E-state index contributed by atoms with van der Waals surface area (Å²) in [5.41, 5.74) is 2.84. The second kappa shape index (κ2) is 5.57. The fourth-order valence-corrected chi connectivity index (χ4v) is 3.37. The van der Waals surface area contributed by atoms with Crippen molar-refractivity contribution in [3.8, 4) is 0 Å². The Morgan fingerprint density at radius 2 is 2.13 bits per heavy atom. The Hall–Kier alpha value is -2.00. The van der Waals surface area contributed by atoms with Crippen LogP contribution in [0.3, 0.4) is 0 Å². The highest BCUT2D eigenvalue weighted by Gasteiger charge is 2.24. The summed E-state index contributed by atoms with van der Waals surface area (Å²) in [5.74, 6) is 0. The zero-order valence-electron chi connectivity index (χ0n) is 13.3. The number of nitrogens with zero attached hydrogens (tertiary/aromatic N) is 4. The molecule has 0 amide bonds. The number of aryl methyl sites for hydroxylation is 2. The highest BCUT2D eigenvalue weighted by Crippen LogP contribution is 2.18. The highest BCUT2D eigenvalue weighted by molar-refractivity contribution is 7.90. The van der Waals surface area contributed by atoms with Crippen LogP contribution >= 0.6 is 0 Å². The molecule has 2 aromatic heterocycles. The first-order valence-corrected chi connectivity index (χ1v) is 9.17. The molecule has 3 rings (SSSR count). The molecule has 124 valence electrons. The van der Waals surface area contributed by atoms with Crippen LogP contribution in [-0.2, 0) is 36.4 Å². The summed E-state index contributed by atoms with van der Waals surface area (Å²) in [4.78, 5) is 20.8. The molecule has 0 aliphatic carbocycles. The molecule has 1 aliphatic heterocycles. The molecule has 0 saturated carbocycles. The van der Waals surface area contributed by atoms with Gasteiger partial charge in [0, 0.05) is 51.1 Å². The van der Waals surface area contributed by atoms with Crippen molar-refractivity contribution in [3.63, 3.8) is 0 Å². The van der Waals surface area contributed by atoms with Gasteiger partial charge in [0.05, 0.1) is 17.0 Å². The van der Waals surface area contributed by atoms with Crippen molar-refractivity contribution in [2.75, 3.05) is 12.8 Å². The number of hydrogen-bond acceptors (Lipinski definition) is 6. The maximum Gasteiger partial charge on any atom is 0.256 e. The fraction of sp³-hybridized carbons (Fsp3) is 0.500. The smallest absolute Gasteiger partial charge is 0.256 e. The normalized spacial score (nSPS) is 15.6. The van der Waals surface area contributed by atoms with Gasteiger partial charge < -0.3 is 0 Å². The number of hydrogen-bond donors (Lipinski definition) is 1. The van der Waals surface area contributed by atoms with Gasteiger partial charge in [-0.2, -0.15) is 5.10 Å². The molecular formula is C14H19N5O3S. The largest absolute Gasteiger partial charge is 0.297 e. The van der Waals surface area contributed by atoms with Crippen LogP contribution in [0.5, 0.6) is 0 Å². The van der Waals surface area contributed by atoms with E-state index in [1.54, 1.807) is 4.68 Å². The van der Waals surface area contributed by atoms with Crippen LogP contribution in [0.15, 0.2) is 16.1 Å². The van der Waals surface area contributed by atoms with Crippen molar-refractivity contribution < 1.29 is 8.42 Å². The molecule has 0 bridgehead atoms. The average Bonchev–Trinajstić information content (AvgIpc) is 2.76. The van der Waals surface area contributed by atoms with E-state index in [1.165, 1.54) is 0 Å². The second-order valence-corrected chi connectivity index (χ2v) is 7.87. The first-order valence-electron chi connectivity index (χ1n) is 7.27. The van der Waals surface area contributed by atoms with Gasteiger partial charge in [-0.3, -0.25) is 19.4 Å². The molecule has 0 radical (unpaired) electrons. The van der Waals surface area contributed by atoms with Crippen LogP contribution in [0, 0.1) is 6.92 Å². The lowest BCUT2D eigenvalue weighted by Gasteiger charge is -2.27. The molecule has 9 heteroatoms. The maximum atomic E-state index is 12.2. The number of rotatable bonds is 3. The van der Waals surface area contributed by atoms with E-state index >= 15 is 0 Å². The Kier molecular flexibility index (Phi) is 3.85. The Bertz CT molecular complexity index is 913. The van der Waals surface area contributed by atoms with E-state index in [9.17, 15) is 13.2 Å². The third kappa shape index (κ3) is 3.20. The summed E-state index contributed by atoms with van der Waals surface area (Å²) in [7, 11) is -1.64. The van der Waals surface area contributed by atoms with Crippen LogP contribution in [0.4, 0.5) is 0 Å². The number of H-pyrrole nitrogens is 1. The molecule has 23 heavy (non-hydrogen) atoms. The van der Waals surface area contributed by atoms with Crippen molar-refractivity contribution in [1.29, 1.82) is 0 Å². The Balaban J connectivity index is 1.87. The van der Waals surface area contributed by atoms with Crippen molar-refractivity contribution in [3.05, 3.63) is 39.1 Å². The first kappa shape index (κ1) is 15.9. The fourth-order valence-electron chi connectivity index (χ4n) is 2.81. The third-order valence-corrected chi connectivity index (χ3v) is 4.88. The summed E-state index contributed by atoms with van der Waals surface area (Å²) in [6.45, 7) is 3.84. The minimum Gasteiger partial charge on any atom is -0.297 e. The predicted molar refractivity (Wildman–Crippen MR) is 83.7 cm³/mol. The molecule has 0 saturated heterocycles. The van der Waals surface area contributed by atoms with E-state index in [0.29, 0.717) is 30.8 Å². The minimum atomic E-state index is -3.52.